The number of morpholine rings is 1. The molecule has 0 radical (unpaired) electrons. The van der Waals surface area contributed by atoms with Crippen molar-refractivity contribution in [3.8, 4) is 11.4 Å². The van der Waals surface area contributed by atoms with Crippen LogP contribution in [-0.4, -0.2) is 68.0 Å². The predicted octanol–water partition coefficient (Wildman–Crippen LogP) is 2.86. The predicted molar refractivity (Wildman–Crippen MR) is 130 cm³/mol. The molecule has 2 N–H and O–H groups in total. The molecule has 1 unspecified atom stereocenters. The van der Waals surface area contributed by atoms with E-state index in [-0.39, 0.29) is 11.8 Å². The van der Waals surface area contributed by atoms with Crippen LogP contribution in [-0.2, 0) is 19.3 Å². The van der Waals surface area contributed by atoms with Crippen LogP contribution in [0, 0.1) is 0 Å². The van der Waals surface area contributed by atoms with E-state index in [0.29, 0.717) is 57.2 Å². The molecule has 0 saturated carbocycles. The Hall–Kier alpha value is -2.49. The molecule has 0 bridgehead atoms. The number of benzene rings is 1. The van der Waals surface area contributed by atoms with E-state index in [1.165, 1.54) is 0 Å². The molecule has 33 heavy (non-hydrogen) atoms. The number of fused-ring (bicyclic) bond motifs is 1. The van der Waals surface area contributed by atoms with Crippen LogP contribution in [0.5, 0.6) is 0 Å². The molecule has 0 amide bonds. The van der Waals surface area contributed by atoms with Crippen molar-refractivity contribution in [3.63, 3.8) is 0 Å². The Kier molecular flexibility index (Phi) is 5.88. The van der Waals surface area contributed by atoms with Crippen LogP contribution in [0.15, 0.2) is 36.5 Å². The molecule has 4 heterocycles. The molecule has 2 aliphatic rings. The normalized spacial score (nSPS) is 21.4. The zero-order valence-electron chi connectivity index (χ0n) is 19.2. The minimum absolute atomic E-state index is 0.0863. The third kappa shape index (κ3) is 3.82. The second-order valence-corrected chi connectivity index (χ2v) is 11.5. The summed E-state index contributed by atoms with van der Waals surface area (Å²) in [5.41, 5.74) is 2.51. The van der Waals surface area contributed by atoms with Gasteiger partial charge in [-0.25, -0.2) is 18.4 Å². The van der Waals surface area contributed by atoms with Gasteiger partial charge < -0.3 is 19.9 Å². The van der Waals surface area contributed by atoms with Gasteiger partial charge in [-0.3, -0.25) is 0 Å². The summed E-state index contributed by atoms with van der Waals surface area (Å²) in [5.74, 6) is 1.42. The number of H-pyrrole nitrogens is 1. The number of nitrogens with zero attached hydrogens (tertiary/aromatic N) is 3. The number of rotatable bonds is 5. The quantitative estimate of drug-likeness (QED) is 0.593. The summed E-state index contributed by atoms with van der Waals surface area (Å²) in [6.45, 7) is 7.08. The summed E-state index contributed by atoms with van der Waals surface area (Å²) >= 11 is 0. The summed E-state index contributed by atoms with van der Waals surface area (Å²) < 4.78 is 31.7. The highest BCUT2D eigenvalue weighted by molar-refractivity contribution is 7.92. The molecule has 5 rings (SSSR count). The van der Waals surface area contributed by atoms with E-state index in [4.69, 9.17) is 14.7 Å². The van der Waals surface area contributed by atoms with Gasteiger partial charge in [0, 0.05) is 41.0 Å². The maximum atomic E-state index is 13.5. The lowest BCUT2D eigenvalue weighted by Crippen LogP contribution is -2.47. The molecule has 2 fully saturated rings. The van der Waals surface area contributed by atoms with Gasteiger partial charge in [-0.1, -0.05) is 19.1 Å². The Balaban J connectivity index is 1.75. The highest BCUT2D eigenvalue weighted by Crippen LogP contribution is 2.41. The van der Waals surface area contributed by atoms with Gasteiger partial charge in [-0.2, -0.15) is 0 Å². The topological polar surface area (TPSA) is 100 Å². The van der Waals surface area contributed by atoms with Gasteiger partial charge in [0.2, 0.25) is 0 Å². The number of aromatic nitrogens is 3. The maximum absolute atomic E-state index is 13.5. The summed E-state index contributed by atoms with van der Waals surface area (Å²) in [4.78, 5) is 15.4. The number of hydrogen-bond acceptors (Lipinski definition) is 7. The van der Waals surface area contributed by atoms with Crippen molar-refractivity contribution in [1.82, 2.24) is 20.3 Å². The minimum atomic E-state index is -3.41. The smallest absolute Gasteiger partial charge is 0.162 e. The molecule has 2 aliphatic heterocycles. The maximum Gasteiger partial charge on any atom is 0.162 e. The molecule has 2 saturated heterocycles. The molecule has 1 aromatic carbocycles. The van der Waals surface area contributed by atoms with Crippen molar-refractivity contribution in [2.45, 2.75) is 37.5 Å². The third-order valence-electron chi connectivity index (χ3n) is 7.06. The zero-order valence-corrected chi connectivity index (χ0v) is 20.0. The number of anilines is 1. The van der Waals surface area contributed by atoms with Crippen molar-refractivity contribution >= 4 is 26.6 Å². The molecule has 0 aliphatic carbocycles. The summed E-state index contributed by atoms with van der Waals surface area (Å²) in [7, 11) is -3.41. The Bertz CT molecular complexity index is 1250. The van der Waals surface area contributed by atoms with E-state index in [1.807, 2.05) is 36.5 Å². The van der Waals surface area contributed by atoms with Crippen LogP contribution < -0.4 is 10.2 Å². The standard InChI is InChI=1S/C24H31N5O3S/c1-3-33(30,31)24(8-11-25-12-9-24)21-15-22(29-13-14-32-16-17(29)2)28-23(27-21)19-5-4-6-20-18(19)7-10-26-20/h4-7,10,15,17,25-26H,3,8-9,11-14,16H2,1-2H3. The van der Waals surface area contributed by atoms with Crippen LogP contribution >= 0.6 is 0 Å². The lowest BCUT2D eigenvalue weighted by molar-refractivity contribution is 0.0985. The van der Waals surface area contributed by atoms with Crippen molar-refractivity contribution in [2.75, 3.05) is 43.5 Å². The molecular formula is C24H31N5O3S. The van der Waals surface area contributed by atoms with Crippen LogP contribution in [0.1, 0.15) is 32.4 Å². The summed E-state index contributed by atoms with van der Waals surface area (Å²) in [5, 5.41) is 4.34. The van der Waals surface area contributed by atoms with E-state index in [9.17, 15) is 8.42 Å². The van der Waals surface area contributed by atoms with Gasteiger partial charge >= 0.3 is 0 Å². The van der Waals surface area contributed by atoms with Gasteiger partial charge in [0.15, 0.2) is 15.7 Å². The van der Waals surface area contributed by atoms with Crippen molar-refractivity contribution in [3.05, 3.63) is 42.2 Å². The monoisotopic (exact) mass is 469 g/mol. The number of aromatic amines is 1. The molecule has 1 atom stereocenters. The zero-order chi connectivity index (χ0) is 23.1. The van der Waals surface area contributed by atoms with E-state index >= 15 is 0 Å². The number of sulfone groups is 1. The van der Waals surface area contributed by atoms with E-state index in [1.54, 1.807) is 6.92 Å². The first-order valence-electron chi connectivity index (χ1n) is 11.7. The fraction of sp³-hybridized carbons (Fsp3) is 0.500. The van der Waals surface area contributed by atoms with Crippen LogP contribution in [0.25, 0.3) is 22.3 Å². The van der Waals surface area contributed by atoms with Crippen LogP contribution in [0.2, 0.25) is 0 Å². The molecular weight excluding hydrogens is 438 g/mol. The van der Waals surface area contributed by atoms with Gasteiger partial charge in [-0.05, 0) is 45.0 Å². The number of piperidine rings is 1. The van der Waals surface area contributed by atoms with Crippen LogP contribution in [0.3, 0.4) is 0 Å². The fourth-order valence-electron chi connectivity index (χ4n) is 5.12. The third-order valence-corrected chi connectivity index (χ3v) is 9.63. The van der Waals surface area contributed by atoms with Crippen molar-refractivity contribution in [1.29, 1.82) is 0 Å². The number of hydrogen-bond donors (Lipinski definition) is 2. The number of ether oxygens (including phenoxy) is 1. The van der Waals surface area contributed by atoms with E-state index in [2.05, 4.69) is 22.1 Å². The number of nitrogens with one attached hydrogen (secondary N) is 2. The Morgan fingerprint density at radius 2 is 2.03 bits per heavy atom. The lowest BCUT2D eigenvalue weighted by Gasteiger charge is -2.38. The Morgan fingerprint density at radius 3 is 2.79 bits per heavy atom. The highest BCUT2D eigenvalue weighted by atomic mass is 32.2. The molecule has 2 aromatic heterocycles. The Labute approximate surface area is 194 Å². The average molecular weight is 470 g/mol. The minimum Gasteiger partial charge on any atom is -0.377 e. The highest BCUT2D eigenvalue weighted by Gasteiger charge is 2.47. The van der Waals surface area contributed by atoms with Gasteiger partial charge in [0.25, 0.3) is 0 Å². The molecule has 3 aromatic rings. The SMILES string of the molecule is CCS(=O)(=O)C1(c2cc(N3CCOCC3C)nc(-c3cccc4[nH]ccc34)n2)CCNCC1. The largest absolute Gasteiger partial charge is 0.377 e. The molecule has 0 spiro atoms. The first-order chi connectivity index (χ1) is 15.9. The van der Waals surface area contributed by atoms with Crippen LogP contribution in [0.4, 0.5) is 5.82 Å². The van der Waals surface area contributed by atoms with Crippen molar-refractivity contribution in [2.24, 2.45) is 0 Å². The molecule has 9 heteroatoms. The lowest BCUT2D eigenvalue weighted by atomic mass is 9.92. The second-order valence-electron chi connectivity index (χ2n) is 8.94. The van der Waals surface area contributed by atoms with Gasteiger partial charge in [0.1, 0.15) is 10.6 Å². The van der Waals surface area contributed by atoms with Gasteiger partial charge in [0.05, 0.1) is 24.9 Å². The van der Waals surface area contributed by atoms with E-state index < -0.39 is 14.6 Å². The molecule has 176 valence electrons. The average Bonchev–Trinajstić information content (AvgIpc) is 3.33. The first kappa shape index (κ1) is 22.3. The van der Waals surface area contributed by atoms with E-state index in [0.717, 1.165) is 22.3 Å². The fourth-order valence-corrected chi connectivity index (χ4v) is 6.92. The van der Waals surface area contributed by atoms with Gasteiger partial charge in [-0.15, -0.1) is 0 Å². The van der Waals surface area contributed by atoms with Crippen molar-refractivity contribution < 1.29 is 13.2 Å². The first-order valence-corrected chi connectivity index (χ1v) is 13.3. The second kappa shape index (κ2) is 8.70. The summed E-state index contributed by atoms with van der Waals surface area (Å²) in [6, 6.07) is 10.1. The molecule has 8 nitrogen and oxygen atoms in total. The summed E-state index contributed by atoms with van der Waals surface area (Å²) in [6.07, 6.45) is 2.91. The Morgan fingerprint density at radius 1 is 1.21 bits per heavy atom.